The number of rotatable bonds is 4. The van der Waals surface area contributed by atoms with Crippen LogP contribution in [0.4, 0.5) is 0 Å². The van der Waals surface area contributed by atoms with Gasteiger partial charge in [-0.2, -0.15) is 4.98 Å². The molecule has 2 atom stereocenters. The first kappa shape index (κ1) is 15.1. The molecule has 6 nitrogen and oxygen atoms in total. The summed E-state index contributed by atoms with van der Waals surface area (Å²) in [5.74, 6) is 0.727. The van der Waals surface area contributed by atoms with Crippen LogP contribution in [0, 0.1) is 11.8 Å². The third-order valence-corrected chi connectivity index (χ3v) is 4.98. The number of hydrogen-bond acceptors (Lipinski definition) is 5. The predicted molar refractivity (Wildman–Crippen MR) is 85.6 cm³/mol. The Bertz CT molecular complexity index is 732. The largest absolute Gasteiger partial charge is 0.339 e. The molecular weight excluding hydrogens is 306 g/mol. The van der Waals surface area contributed by atoms with Gasteiger partial charge in [-0.1, -0.05) is 48.3 Å². The number of carbonyl (C=O) groups is 2. The molecule has 2 aliphatic rings. The van der Waals surface area contributed by atoms with Crippen LogP contribution in [0.2, 0.25) is 0 Å². The Labute approximate surface area is 139 Å². The first-order valence-corrected chi connectivity index (χ1v) is 8.47. The Balaban J connectivity index is 1.43. The second-order valence-corrected chi connectivity index (χ2v) is 6.45. The number of amides is 2. The van der Waals surface area contributed by atoms with Gasteiger partial charge in [0.25, 0.3) is 0 Å². The molecule has 0 bridgehead atoms. The van der Waals surface area contributed by atoms with E-state index in [9.17, 15) is 9.59 Å². The fraction of sp³-hybridized carbons (Fsp3) is 0.444. The molecule has 24 heavy (non-hydrogen) atoms. The van der Waals surface area contributed by atoms with Crippen molar-refractivity contribution in [2.45, 2.75) is 32.1 Å². The van der Waals surface area contributed by atoms with Crippen molar-refractivity contribution in [2.24, 2.45) is 11.8 Å². The zero-order valence-electron chi connectivity index (χ0n) is 13.4. The van der Waals surface area contributed by atoms with Crippen LogP contribution in [-0.4, -0.2) is 33.4 Å². The standard InChI is InChI=1S/C18H19N3O3/c22-17-13-8-4-5-9-14(13)18(23)21(17)11-10-15-19-16(20-24-15)12-6-2-1-3-7-12/h1-3,6-7,13-14H,4-5,8-11H2/t13-,14+. The van der Waals surface area contributed by atoms with Gasteiger partial charge in [0, 0.05) is 18.5 Å². The number of benzene rings is 1. The van der Waals surface area contributed by atoms with E-state index < -0.39 is 0 Å². The van der Waals surface area contributed by atoms with E-state index in [4.69, 9.17) is 4.52 Å². The van der Waals surface area contributed by atoms with Crippen LogP contribution in [0.25, 0.3) is 11.4 Å². The molecule has 2 fully saturated rings. The molecule has 1 aliphatic carbocycles. The lowest BCUT2D eigenvalue weighted by molar-refractivity contribution is -0.139. The van der Waals surface area contributed by atoms with Gasteiger partial charge in [0.15, 0.2) is 0 Å². The van der Waals surface area contributed by atoms with Crippen molar-refractivity contribution in [3.8, 4) is 11.4 Å². The molecule has 1 aliphatic heterocycles. The number of carbonyl (C=O) groups excluding carboxylic acids is 2. The highest BCUT2D eigenvalue weighted by Crippen LogP contribution is 2.37. The number of aromatic nitrogens is 2. The van der Waals surface area contributed by atoms with Crippen molar-refractivity contribution in [3.05, 3.63) is 36.2 Å². The summed E-state index contributed by atoms with van der Waals surface area (Å²) in [5.41, 5.74) is 0.881. The second-order valence-electron chi connectivity index (χ2n) is 6.45. The zero-order valence-corrected chi connectivity index (χ0v) is 13.4. The second kappa shape index (κ2) is 6.19. The summed E-state index contributed by atoms with van der Waals surface area (Å²) in [7, 11) is 0. The van der Waals surface area contributed by atoms with E-state index in [0.29, 0.717) is 24.7 Å². The summed E-state index contributed by atoms with van der Waals surface area (Å²) >= 11 is 0. The van der Waals surface area contributed by atoms with Gasteiger partial charge < -0.3 is 4.52 Å². The van der Waals surface area contributed by atoms with Gasteiger partial charge >= 0.3 is 0 Å². The average Bonchev–Trinajstić information content (AvgIpc) is 3.19. The molecular formula is C18H19N3O3. The monoisotopic (exact) mass is 325 g/mol. The van der Waals surface area contributed by atoms with Gasteiger partial charge in [0.2, 0.25) is 23.5 Å². The zero-order chi connectivity index (χ0) is 16.5. The van der Waals surface area contributed by atoms with Crippen molar-refractivity contribution in [2.75, 3.05) is 6.54 Å². The normalized spacial score (nSPS) is 23.6. The minimum absolute atomic E-state index is 0.0208. The Kier molecular flexibility index (Phi) is 3.88. The van der Waals surface area contributed by atoms with Gasteiger partial charge in [-0.3, -0.25) is 14.5 Å². The average molecular weight is 325 g/mol. The molecule has 1 aromatic heterocycles. The van der Waals surface area contributed by atoms with Gasteiger partial charge in [0.05, 0.1) is 11.8 Å². The smallest absolute Gasteiger partial charge is 0.233 e. The van der Waals surface area contributed by atoms with Crippen LogP contribution >= 0.6 is 0 Å². The maximum absolute atomic E-state index is 12.4. The van der Waals surface area contributed by atoms with Gasteiger partial charge in [-0.15, -0.1) is 0 Å². The third-order valence-electron chi connectivity index (χ3n) is 4.98. The van der Waals surface area contributed by atoms with Crippen molar-refractivity contribution >= 4 is 11.8 Å². The van der Waals surface area contributed by atoms with Crippen molar-refractivity contribution < 1.29 is 14.1 Å². The number of likely N-dealkylation sites (tertiary alicyclic amines) is 1. The van der Waals surface area contributed by atoms with E-state index >= 15 is 0 Å². The topological polar surface area (TPSA) is 76.3 Å². The van der Waals surface area contributed by atoms with Crippen LogP contribution in [0.3, 0.4) is 0 Å². The Morgan fingerprint density at radius 3 is 2.38 bits per heavy atom. The van der Waals surface area contributed by atoms with E-state index in [2.05, 4.69) is 10.1 Å². The van der Waals surface area contributed by atoms with Crippen molar-refractivity contribution in [1.29, 1.82) is 0 Å². The lowest BCUT2D eigenvalue weighted by atomic mass is 9.81. The van der Waals surface area contributed by atoms with Gasteiger partial charge in [-0.25, -0.2) is 0 Å². The molecule has 4 rings (SSSR count). The van der Waals surface area contributed by atoms with Gasteiger partial charge in [-0.05, 0) is 12.8 Å². The first-order valence-electron chi connectivity index (χ1n) is 8.47. The molecule has 1 saturated heterocycles. The highest BCUT2D eigenvalue weighted by atomic mass is 16.5. The summed E-state index contributed by atoms with van der Waals surface area (Å²) in [6.45, 7) is 0.321. The van der Waals surface area contributed by atoms with E-state index in [0.717, 1.165) is 31.2 Å². The Morgan fingerprint density at radius 1 is 1.04 bits per heavy atom. The minimum atomic E-state index is -0.103. The van der Waals surface area contributed by atoms with E-state index in [1.807, 2.05) is 30.3 Å². The molecule has 0 unspecified atom stereocenters. The molecule has 0 radical (unpaired) electrons. The minimum Gasteiger partial charge on any atom is -0.339 e. The highest BCUT2D eigenvalue weighted by molar-refractivity contribution is 6.05. The van der Waals surface area contributed by atoms with Crippen molar-refractivity contribution in [1.82, 2.24) is 15.0 Å². The molecule has 6 heteroatoms. The molecule has 2 amide bonds. The summed E-state index contributed by atoms with van der Waals surface area (Å²) in [5, 5.41) is 3.97. The number of fused-ring (bicyclic) bond motifs is 1. The SMILES string of the molecule is O=C1[C@H]2CCCC[C@H]2C(=O)N1CCc1nc(-c2ccccc2)no1. The summed E-state index contributed by atoms with van der Waals surface area (Å²) in [6.07, 6.45) is 4.15. The summed E-state index contributed by atoms with van der Waals surface area (Å²) in [4.78, 5) is 30.6. The fourth-order valence-corrected chi connectivity index (χ4v) is 3.72. The first-order chi connectivity index (χ1) is 11.7. The predicted octanol–water partition coefficient (Wildman–Crippen LogP) is 2.45. The third kappa shape index (κ3) is 2.62. The number of nitrogens with zero attached hydrogens (tertiary/aromatic N) is 3. The van der Waals surface area contributed by atoms with Crippen LogP contribution in [0.5, 0.6) is 0 Å². The summed E-state index contributed by atoms with van der Waals surface area (Å²) in [6, 6.07) is 9.57. The molecule has 2 aromatic rings. The van der Waals surface area contributed by atoms with Crippen LogP contribution < -0.4 is 0 Å². The van der Waals surface area contributed by atoms with E-state index in [1.54, 1.807) is 0 Å². The number of imide groups is 1. The lowest BCUT2D eigenvalue weighted by Crippen LogP contribution is -2.33. The molecule has 1 aromatic carbocycles. The van der Waals surface area contributed by atoms with Crippen LogP contribution in [0.1, 0.15) is 31.6 Å². The fourth-order valence-electron chi connectivity index (χ4n) is 3.72. The maximum Gasteiger partial charge on any atom is 0.233 e. The van der Waals surface area contributed by atoms with Crippen LogP contribution in [-0.2, 0) is 16.0 Å². The molecule has 2 heterocycles. The Hall–Kier alpha value is -2.50. The molecule has 0 spiro atoms. The van der Waals surface area contributed by atoms with Crippen LogP contribution in [0.15, 0.2) is 34.9 Å². The van der Waals surface area contributed by atoms with E-state index in [1.165, 1.54) is 4.90 Å². The molecule has 1 saturated carbocycles. The molecule has 124 valence electrons. The quantitative estimate of drug-likeness (QED) is 0.807. The lowest BCUT2D eigenvalue weighted by Gasteiger charge is -2.19. The molecule has 0 N–H and O–H groups in total. The van der Waals surface area contributed by atoms with E-state index in [-0.39, 0.29) is 23.7 Å². The number of hydrogen-bond donors (Lipinski definition) is 0. The van der Waals surface area contributed by atoms with Gasteiger partial charge in [0.1, 0.15) is 0 Å². The maximum atomic E-state index is 12.4. The highest BCUT2D eigenvalue weighted by Gasteiger charge is 2.47. The Morgan fingerprint density at radius 2 is 1.71 bits per heavy atom. The van der Waals surface area contributed by atoms with Crippen molar-refractivity contribution in [3.63, 3.8) is 0 Å². The summed E-state index contributed by atoms with van der Waals surface area (Å²) < 4.78 is 5.26.